The lowest BCUT2D eigenvalue weighted by Crippen LogP contribution is -2.60. The largest absolute Gasteiger partial charge is 0.444 e. The SMILES string of the molecule is C=C[C@@H]1C[C@@]1(NC(=O)[C@@H]1C[C@@H]2CN1C(=O)[C@H](C1CCCCC1)NC(=O)N(C)CCCCc1cccc3c1CN(C3)C(=O)O2)C(=O)NS(=O)(=O)C1CC1. The normalized spacial score (nSPS) is 30.2. The highest BCUT2D eigenvalue weighted by Crippen LogP contribution is 2.45. The van der Waals surface area contributed by atoms with Gasteiger partial charge in [0, 0.05) is 39.0 Å². The Hall–Kier alpha value is -4.14. The van der Waals surface area contributed by atoms with Gasteiger partial charge in [-0.15, -0.1) is 6.58 Å². The predicted molar refractivity (Wildman–Crippen MR) is 190 cm³/mol. The molecular weight excluding hydrogens is 689 g/mol. The van der Waals surface area contributed by atoms with Gasteiger partial charge in [0.1, 0.15) is 23.7 Å². The average Bonchev–Trinajstić information content (AvgIpc) is 4.02. The fraction of sp³-hybridized carbons (Fsp3) is 0.649. The fourth-order valence-electron chi connectivity index (χ4n) is 8.50. The zero-order valence-electron chi connectivity index (χ0n) is 29.8. The van der Waals surface area contributed by atoms with Crippen LogP contribution >= 0.6 is 0 Å². The molecule has 1 aromatic carbocycles. The van der Waals surface area contributed by atoms with Gasteiger partial charge in [-0.05, 0) is 74.0 Å². The summed E-state index contributed by atoms with van der Waals surface area (Å²) in [6.45, 7) is 4.96. The number of nitrogens with zero attached hydrogens (tertiary/aromatic N) is 3. The van der Waals surface area contributed by atoms with Crippen LogP contribution in [-0.2, 0) is 48.7 Å². The first-order valence-electron chi connectivity index (χ1n) is 18.8. The van der Waals surface area contributed by atoms with Gasteiger partial charge in [0.15, 0.2) is 0 Å². The Morgan fingerprint density at radius 2 is 1.77 bits per heavy atom. The highest BCUT2D eigenvalue weighted by Gasteiger charge is 2.62. The van der Waals surface area contributed by atoms with Crippen molar-refractivity contribution in [3.05, 3.63) is 47.5 Å². The van der Waals surface area contributed by atoms with E-state index < -0.39 is 68.7 Å². The number of nitrogens with one attached hydrogen (secondary N) is 3. The number of carbonyl (C=O) groups is 5. The van der Waals surface area contributed by atoms with E-state index >= 15 is 0 Å². The second kappa shape index (κ2) is 14.4. The Bertz CT molecular complexity index is 1740. The van der Waals surface area contributed by atoms with Crippen molar-refractivity contribution >= 4 is 39.9 Å². The van der Waals surface area contributed by atoms with E-state index in [0.717, 1.165) is 68.1 Å². The summed E-state index contributed by atoms with van der Waals surface area (Å²) in [5.74, 6) is -2.61. The molecule has 14 nitrogen and oxygen atoms in total. The molecule has 6 amide bonds. The molecule has 4 bridgehead atoms. The topological polar surface area (TPSA) is 175 Å². The maximum absolute atomic E-state index is 14.7. The molecule has 52 heavy (non-hydrogen) atoms. The summed E-state index contributed by atoms with van der Waals surface area (Å²) in [5.41, 5.74) is 1.76. The molecular formula is C37H50N6O8S. The van der Waals surface area contributed by atoms with Crippen LogP contribution in [0, 0.1) is 11.8 Å². The van der Waals surface area contributed by atoms with Crippen LogP contribution in [0.25, 0.3) is 0 Å². The number of ether oxygens (including phenoxy) is 1. The third-order valence-corrected chi connectivity index (χ3v) is 13.7. The molecule has 282 valence electrons. The van der Waals surface area contributed by atoms with Gasteiger partial charge >= 0.3 is 12.1 Å². The summed E-state index contributed by atoms with van der Waals surface area (Å²) in [4.78, 5) is 74.3. The first kappa shape index (κ1) is 36.2. The Kier molecular flexibility index (Phi) is 10.0. The molecule has 0 spiro atoms. The maximum atomic E-state index is 14.7. The van der Waals surface area contributed by atoms with Crippen molar-refractivity contribution in [2.75, 3.05) is 20.1 Å². The molecule has 7 rings (SSSR count). The molecule has 3 heterocycles. The van der Waals surface area contributed by atoms with E-state index in [0.29, 0.717) is 32.5 Å². The van der Waals surface area contributed by atoms with Gasteiger partial charge in [-0.25, -0.2) is 18.0 Å². The lowest BCUT2D eigenvalue weighted by atomic mass is 9.83. The molecule has 1 aromatic rings. The summed E-state index contributed by atoms with van der Waals surface area (Å²) >= 11 is 0. The van der Waals surface area contributed by atoms with Crippen LogP contribution in [0.4, 0.5) is 9.59 Å². The lowest BCUT2D eigenvalue weighted by molar-refractivity contribution is -0.142. The maximum Gasteiger partial charge on any atom is 0.410 e. The smallest absolute Gasteiger partial charge is 0.410 e. The number of urea groups is 1. The summed E-state index contributed by atoms with van der Waals surface area (Å²) in [7, 11) is -2.17. The van der Waals surface area contributed by atoms with Crippen LogP contribution < -0.4 is 15.4 Å². The van der Waals surface area contributed by atoms with Gasteiger partial charge in [0.25, 0.3) is 5.91 Å². The van der Waals surface area contributed by atoms with Gasteiger partial charge in [-0.2, -0.15) is 0 Å². The molecule has 1 saturated heterocycles. The zero-order valence-corrected chi connectivity index (χ0v) is 30.6. The quantitative estimate of drug-likeness (QED) is 0.358. The summed E-state index contributed by atoms with van der Waals surface area (Å²) < 4.78 is 33.6. The van der Waals surface area contributed by atoms with Gasteiger partial charge in [-0.3, -0.25) is 24.0 Å². The third-order valence-electron chi connectivity index (χ3n) is 11.9. The van der Waals surface area contributed by atoms with E-state index in [-0.39, 0.29) is 31.3 Å². The minimum atomic E-state index is -3.89. The molecule has 0 radical (unpaired) electrons. The molecule has 3 aliphatic carbocycles. The highest BCUT2D eigenvalue weighted by atomic mass is 32.2. The Labute approximate surface area is 305 Å². The number of benzene rings is 1. The predicted octanol–water partition coefficient (Wildman–Crippen LogP) is 2.70. The molecule has 5 atom stereocenters. The number of hydrogen-bond acceptors (Lipinski definition) is 8. The minimum Gasteiger partial charge on any atom is -0.444 e. The van der Waals surface area contributed by atoms with Crippen LogP contribution in [0.3, 0.4) is 0 Å². The third kappa shape index (κ3) is 7.25. The minimum absolute atomic E-state index is 0.0303. The van der Waals surface area contributed by atoms with E-state index in [9.17, 15) is 32.4 Å². The van der Waals surface area contributed by atoms with E-state index in [1.165, 1.54) is 11.0 Å². The number of sulfonamides is 1. The van der Waals surface area contributed by atoms with Gasteiger partial charge in [0.05, 0.1) is 11.8 Å². The van der Waals surface area contributed by atoms with Crippen LogP contribution in [0.15, 0.2) is 30.9 Å². The highest BCUT2D eigenvalue weighted by molar-refractivity contribution is 7.91. The van der Waals surface area contributed by atoms with E-state index in [1.54, 1.807) is 16.8 Å². The summed E-state index contributed by atoms with van der Waals surface area (Å²) in [5, 5.41) is 5.18. The van der Waals surface area contributed by atoms with Crippen LogP contribution in [0.2, 0.25) is 0 Å². The Morgan fingerprint density at radius 3 is 2.48 bits per heavy atom. The molecule has 3 aliphatic heterocycles. The van der Waals surface area contributed by atoms with E-state index in [1.807, 2.05) is 12.1 Å². The van der Waals surface area contributed by atoms with Gasteiger partial charge < -0.3 is 25.2 Å². The van der Waals surface area contributed by atoms with Crippen molar-refractivity contribution in [2.24, 2.45) is 11.8 Å². The lowest BCUT2D eigenvalue weighted by Gasteiger charge is -2.35. The number of rotatable bonds is 7. The summed E-state index contributed by atoms with van der Waals surface area (Å²) in [6, 6.07) is 3.64. The van der Waals surface area contributed by atoms with Gasteiger partial charge in [0.2, 0.25) is 21.8 Å². The average molecular weight is 739 g/mol. The Morgan fingerprint density at radius 1 is 1.02 bits per heavy atom. The first-order chi connectivity index (χ1) is 24.9. The summed E-state index contributed by atoms with van der Waals surface area (Å²) in [6.07, 6.45) is 7.89. The standard InChI is InChI=1S/C37H50N6O8S/c1-3-26-19-37(26,34(46)40-52(49,50)28-15-16-28)39-32(44)30-18-27-21-43(30)33(45)31(24-11-5-4-6-12-24)38-35(47)41(2)17-8-7-10-23-13-9-14-25-20-42(22-29(23)25)36(48)51-27/h3,9,13-14,24,26-28,30-31H,1,4-8,10-12,15-22H2,2H3,(H,38,47)(H,39,44)(H,40,46)/t26-,27-,30+,31+,37+/m1/s1. The molecule has 4 fully saturated rings. The number of hydrogen-bond donors (Lipinski definition) is 3. The van der Waals surface area contributed by atoms with Crippen molar-refractivity contribution in [3.63, 3.8) is 0 Å². The van der Waals surface area contributed by atoms with Crippen LogP contribution in [-0.4, -0.2) is 102 Å². The monoisotopic (exact) mass is 738 g/mol. The Balaban J connectivity index is 1.17. The van der Waals surface area contributed by atoms with E-state index in [2.05, 4.69) is 28.0 Å². The van der Waals surface area contributed by atoms with Gasteiger partial charge in [-0.1, -0.05) is 43.5 Å². The second-order valence-electron chi connectivity index (χ2n) is 15.5. The number of aryl methyl sites for hydroxylation is 1. The second-order valence-corrected chi connectivity index (χ2v) is 17.5. The number of carbonyl (C=O) groups excluding carboxylic acids is 5. The molecule has 0 unspecified atom stereocenters. The zero-order chi connectivity index (χ0) is 36.8. The van der Waals surface area contributed by atoms with E-state index in [4.69, 9.17) is 4.74 Å². The molecule has 0 aromatic heterocycles. The first-order valence-corrected chi connectivity index (χ1v) is 20.3. The van der Waals surface area contributed by atoms with Crippen LogP contribution in [0.5, 0.6) is 0 Å². The van der Waals surface area contributed by atoms with Crippen molar-refractivity contribution in [3.8, 4) is 0 Å². The molecule has 6 aliphatic rings. The van der Waals surface area contributed by atoms with Crippen LogP contribution in [0.1, 0.15) is 87.3 Å². The number of fused-ring (bicyclic) bond motifs is 3. The van der Waals surface area contributed by atoms with Crippen molar-refractivity contribution < 1.29 is 37.1 Å². The fourth-order valence-corrected chi connectivity index (χ4v) is 9.87. The molecule has 3 saturated carbocycles. The molecule has 3 N–H and O–H groups in total. The van der Waals surface area contributed by atoms with Crippen molar-refractivity contribution in [2.45, 2.75) is 119 Å². The molecule has 15 heteroatoms. The van der Waals surface area contributed by atoms with Crippen molar-refractivity contribution in [1.82, 2.24) is 30.1 Å². The number of amides is 6. The van der Waals surface area contributed by atoms with Crippen molar-refractivity contribution in [1.29, 1.82) is 0 Å².